The minimum Gasteiger partial charge on any atom is -0.381 e. The van der Waals surface area contributed by atoms with Crippen LogP contribution in [0.15, 0.2) is 30.3 Å². The highest BCUT2D eigenvalue weighted by Crippen LogP contribution is 1.99. The quantitative estimate of drug-likeness (QED) is 0.689. The number of carbonyl (C=O) groups excluding carboxylic acids is 1. The summed E-state index contributed by atoms with van der Waals surface area (Å²) in [5.74, 6) is -0.262. The lowest BCUT2D eigenvalue weighted by Crippen LogP contribution is -2.11. The molecule has 1 rings (SSSR count). The maximum Gasteiger partial charge on any atom is 0.217 e. The third kappa shape index (κ3) is 5.86. The molecule has 0 aliphatic rings. The zero-order valence-electron chi connectivity index (χ0n) is 8.82. The fourth-order valence-corrected chi connectivity index (χ4v) is 1.29. The van der Waals surface area contributed by atoms with Gasteiger partial charge in [-0.2, -0.15) is 0 Å². The number of primary amides is 1. The molecule has 3 nitrogen and oxygen atoms in total. The fraction of sp³-hybridized carbons (Fsp3) is 0.417. The molecule has 0 fully saturated rings. The predicted molar refractivity (Wildman–Crippen MR) is 59.4 cm³/mol. The molecule has 0 radical (unpaired) electrons. The van der Waals surface area contributed by atoms with Gasteiger partial charge in [-0.1, -0.05) is 30.3 Å². The summed E-state index contributed by atoms with van der Waals surface area (Å²) in [5.41, 5.74) is 6.27. The van der Waals surface area contributed by atoms with Gasteiger partial charge in [-0.05, 0) is 18.4 Å². The van der Waals surface area contributed by atoms with Crippen LogP contribution in [0, 0.1) is 0 Å². The van der Waals surface area contributed by atoms with E-state index in [-0.39, 0.29) is 5.91 Å². The van der Waals surface area contributed by atoms with Gasteiger partial charge < -0.3 is 10.5 Å². The van der Waals surface area contributed by atoms with Crippen LogP contribution in [0.4, 0.5) is 0 Å². The summed E-state index contributed by atoms with van der Waals surface area (Å²) >= 11 is 0. The fourth-order valence-electron chi connectivity index (χ4n) is 1.29. The number of amides is 1. The number of nitrogens with two attached hydrogens (primary N) is 1. The van der Waals surface area contributed by atoms with Crippen LogP contribution in [0.25, 0.3) is 0 Å². The maximum atomic E-state index is 10.4. The van der Waals surface area contributed by atoms with Gasteiger partial charge in [0.15, 0.2) is 0 Å². The van der Waals surface area contributed by atoms with E-state index < -0.39 is 0 Å². The first-order valence-corrected chi connectivity index (χ1v) is 5.19. The summed E-state index contributed by atoms with van der Waals surface area (Å²) in [5, 5.41) is 0. The van der Waals surface area contributed by atoms with Crippen LogP contribution in [0.3, 0.4) is 0 Å². The van der Waals surface area contributed by atoms with Crippen LogP contribution in [-0.2, 0) is 16.0 Å². The lowest BCUT2D eigenvalue weighted by Gasteiger charge is -2.03. The molecule has 0 unspecified atom stereocenters. The molecule has 2 N–H and O–H groups in total. The Bertz CT molecular complexity index is 285. The van der Waals surface area contributed by atoms with E-state index in [1.165, 1.54) is 5.56 Å². The van der Waals surface area contributed by atoms with Crippen molar-refractivity contribution in [2.75, 3.05) is 13.2 Å². The topological polar surface area (TPSA) is 52.3 Å². The third-order valence-electron chi connectivity index (χ3n) is 2.09. The van der Waals surface area contributed by atoms with Crippen LogP contribution in [0.2, 0.25) is 0 Å². The van der Waals surface area contributed by atoms with E-state index in [0.717, 1.165) is 6.42 Å². The van der Waals surface area contributed by atoms with Crippen molar-refractivity contribution in [1.29, 1.82) is 0 Å². The highest BCUT2D eigenvalue weighted by Gasteiger charge is 1.95. The van der Waals surface area contributed by atoms with Gasteiger partial charge in [-0.15, -0.1) is 0 Å². The summed E-state index contributed by atoms with van der Waals surface area (Å²) in [6.07, 6.45) is 2.03. The molecular weight excluding hydrogens is 190 g/mol. The zero-order chi connectivity index (χ0) is 10.9. The van der Waals surface area contributed by atoms with E-state index >= 15 is 0 Å². The molecule has 0 spiro atoms. The smallest absolute Gasteiger partial charge is 0.217 e. The Morgan fingerprint density at radius 3 is 2.60 bits per heavy atom. The molecule has 0 aliphatic carbocycles. The van der Waals surface area contributed by atoms with Crippen molar-refractivity contribution in [3.05, 3.63) is 35.9 Å². The monoisotopic (exact) mass is 207 g/mol. The molecule has 0 aromatic heterocycles. The maximum absolute atomic E-state index is 10.4. The van der Waals surface area contributed by atoms with Gasteiger partial charge in [0.05, 0.1) is 6.61 Å². The van der Waals surface area contributed by atoms with Crippen molar-refractivity contribution in [3.63, 3.8) is 0 Å². The van der Waals surface area contributed by atoms with E-state index in [9.17, 15) is 4.79 Å². The summed E-state index contributed by atoms with van der Waals surface area (Å²) in [4.78, 5) is 10.4. The highest BCUT2D eigenvalue weighted by atomic mass is 16.5. The number of carbonyl (C=O) groups is 1. The van der Waals surface area contributed by atoms with Crippen LogP contribution in [0.1, 0.15) is 18.4 Å². The predicted octanol–water partition coefficient (Wildman–Crippen LogP) is 1.51. The molecule has 0 saturated heterocycles. The van der Waals surface area contributed by atoms with E-state index in [4.69, 9.17) is 10.5 Å². The van der Waals surface area contributed by atoms with E-state index in [1.807, 2.05) is 18.2 Å². The van der Waals surface area contributed by atoms with Gasteiger partial charge in [-0.3, -0.25) is 4.79 Å². The molecule has 15 heavy (non-hydrogen) atoms. The minimum atomic E-state index is -0.262. The lowest BCUT2D eigenvalue weighted by atomic mass is 10.2. The Balaban J connectivity index is 2.00. The van der Waals surface area contributed by atoms with E-state index in [0.29, 0.717) is 26.1 Å². The van der Waals surface area contributed by atoms with Gasteiger partial charge >= 0.3 is 0 Å². The van der Waals surface area contributed by atoms with Gasteiger partial charge in [0, 0.05) is 13.0 Å². The van der Waals surface area contributed by atoms with Crippen molar-refractivity contribution < 1.29 is 9.53 Å². The Morgan fingerprint density at radius 1 is 1.20 bits per heavy atom. The molecule has 0 atom stereocenters. The Kier molecular flexibility index (Phi) is 5.48. The van der Waals surface area contributed by atoms with E-state index in [2.05, 4.69) is 12.1 Å². The van der Waals surface area contributed by atoms with Gasteiger partial charge in [0.2, 0.25) is 5.91 Å². The summed E-state index contributed by atoms with van der Waals surface area (Å²) in [7, 11) is 0. The molecule has 0 aliphatic heterocycles. The summed E-state index contributed by atoms with van der Waals surface area (Å²) in [6.45, 7) is 1.30. The van der Waals surface area contributed by atoms with Gasteiger partial charge in [-0.25, -0.2) is 0 Å². The van der Waals surface area contributed by atoms with E-state index in [1.54, 1.807) is 0 Å². The van der Waals surface area contributed by atoms with Crippen molar-refractivity contribution in [1.82, 2.24) is 0 Å². The Labute approximate surface area is 90.2 Å². The average Bonchev–Trinajstić information content (AvgIpc) is 2.24. The molecule has 82 valence electrons. The van der Waals surface area contributed by atoms with Crippen molar-refractivity contribution in [3.8, 4) is 0 Å². The molecule has 3 heteroatoms. The molecular formula is C12H17NO2. The Morgan fingerprint density at radius 2 is 1.93 bits per heavy atom. The molecule has 0 bridgehead atoms. The van der Waals surface area contributed by atoms with Crippen LogP contribution >= 0.6 is 0 Å². The number of benzene rings is 1. The first-order valence-electron chi connectivity index (χ1n) is 5.19. The molecule has 0 saturated carbocycles. The highest BCUT2D eigenvalue weighted by molar-refractivity contribution is 5.73. The lowest BCUT2D eigenvalue weighted by molar-refractivity contribution is -0.118. The number of rotatable bonds is 7. The van der Waals surface area contributed by atoms with Crippen LogP contribution in [-0.4, -0.2) is 19.1 Å². The van der Waals surface area contributed by atoms with Crippen molar-refractivity contribution >= 4 is 5.91 Å². The van der Waals surface area contributed by atoms with Crippen molar-refractivity contribution in [2.24, 2.45) is 5.73 Å². The minimum absolute atomic E-state index is 0.262. The van der Waals surface area contributed by atoms with Crippen molar-refractivity contribution in [2.45, 2.75) is 19.3 Å². The second-order valence-electron chi connectivity index (χ2n) is 3.42. The molecule has 1 aromatic rings. The molecule has 1 amide bonds. The normalized spacial score (nSPS) is 10.1. The van der Waals surface area contributed by atoms with Crippen LogP contribution in [0.5, 0.6) is 0 Å². The van der Waals surface area contributed by atoms with Gasteiger partial charge in [0.25, 0.3) is 0 Å². The summed E-state index contributed by atoms with van der Waals surface area (Å²) < 4.78 is 5.38. The third-order valence-corrected chi connectivity index (χ3v) is 2.09. The molecule has 0 heterocycles. The molecule has 1 aromatic carbocycles. The number of hydrogen-bond acceptors (Lipinski definition) is 2. The number of hydrogen-bond donors (Lipinski definition) is 1. The first-order chi connectivity index (χ1) is 7.29. The second-order valence-corrected chi connectivity index (χ2v) is 3.42. The van der Waals surface area contributed by atoms with Crippen LogP contribution < -0.4 is 5.73 Å². The average molecular weight is 207 g/mol. The number of ether oxygens (including phenoxy) is 1. The Hall–Kier alpha value is -1.35. The standard InChI is InChI=1S/C12H17NO2/c13-12(14)7-4-9-15-10-8-11-5-2-1-3-6-11/h1-3,5-6H,4,7-10H2,(H2,13,14). The zero-order valence-corrected chi connectivity index (χ0v) is 8.82. The first kappa shape index (κ1) is 11.7. The van der Waals surface area contributed by atoms with Gasteiger partial charge in [0.1, 0.15) is 0 Å². The largest absolute Gasteiger partial charge is 0.381 e. The second kappa shape index (κ2) is 7.01. The summed E-state index contributed by atoms with van der Waals surface area (Å²) in [6, 6.07) is 10.2. The SMILES string of the molecule is NC(=O)CCCOCCc1ccccc1.